The van der Waals surface area contributed by atoms with Crippen LogP contribution in [0, 0.1) is 0 Å². The van der Waals surface area contributed by atoms with E-state index < -0.39 is 9.84 Å². The van der Waals surface area contributed by atoms with E-state index in [2.05, 4.69) is 0 Å². The molecule has 0 aromatic heterocycles. The number of sulfone groups is 1. The monoisotopic (exact) mass is 271 g/mol. The molecule has 0 aliphatic carbocycles. The quantitative estimate of drug-likeness (QED) is 0.884. The molecule has 0 saturated heterocycles. The van der Waals surface area contributed by atoms with Crippen molar-refractivity contribution in [2.24, 2.45) is 5.73 Å². The van der Waals surface area contributed by atoms with Gasteiger partial charge in [0.2, 0.25) is 0 Å². The maximum atomic E-state index is 12.0. The van der Waals surface area contributed by atoms with Crippen LogP contribution in [0.5, 0.6) is 11.5 Å². The van der Waals surface area contributed by atoms with E-state index in [0.29, 0.717) is 36.8 Å². The van der Waals surface area contributed by atoms with Gasteiger partial charge in [0.15, 0.2) is 21.3 Å². The molecule has 1 atom stereocenters. The molecule has 18 heavy (non-hydrogen) atoms. The second-order valence-electron chi connectivity index (χ2n) is 4.42. The molecule has 0 bridgehead atoms. The predicted octanol–water partition coefficient (Wildman–Crippen LogP) is 0.924. The van der Waals surface area contributed by atoms with Gasteiger partial charge in [-0.05, 0) is 24.1 Å². The summed E-state index contributed by atoms with van der Waals surface area (Å²) in [6.45, 7) is 3.06. The van der Waals surface area contributed by atoms with Crippen LogP contribution in [-0.4, -0.2) is 34.4 Å². The third kappa shape index (κ3) is 2.30. The van der Waals surface area contributed by atoms with Crippen molar-refractivity contribution in [3.63, 3.8) is 0 Å². The van der Waals surface area contributed by atoms with Crippen molar-refractivity contribution >= 4 is 9.84 Å². The molecule has 1 heterocycles. The van der Waals surface area contributed by atoms with Crippen molar-refractivity contribution in [3.8, 4) is 11.5 Å². The number of nitrogens with two attached hydrogens (primary N) is 1. The van der Waals surface area contributed by atoms with Gasteiger partial charge >= 0.3 is 0 Å². The number of benzene rings is 1. The molecule has 1 aliphatic heterocycles. The van der Waals surface area contributed by atoms with E-state index in [9.17, 15) is 8.42 Å². The Kier molecular flexibility index (Phi) is 3.49. The highest BCUT2D eigenvalue weighted by Gasteiger charge is 2.27. The van der Waals surface area contributed by atoms with Crippen LogP contribution < -0.4 is 15.2 Å². The summed E-state index contributed by atoms with van der Waals surface area (Å²) >= 11 is 0. The molecule has 0 spiro atoms. The van der Waals surface area contributed by atoms with Gasteiger partial charge in [-0.25, -0.2) is 8.42 Å². The van der Waals surface area contributed by atoms with Crippen LogP contribution in [0.3, 0.4) is 0 Å². The first-order chi connectivity index (χ1) is 8.45. The maximum absolute atomic E-state index is 12.0. The first kappa shape index (κ1) is 13.2. The molecular formula is C12H17NO4S. The average Bonchev–Trinajstić information content (AvgIpc) is 2.35. The van der Waals surface area contributed by atoms with Crippen molar-refractivity contribution in [2.75, 3.05) is 26.0 Å². The number of hydrogen-bond acceptors (Lipinski definition) is 5. The van der Waals surface area contributed by atoms with Gasteiger partial charge in [0.25, 0.3) is 0 Å². The Morgan fingerprint density at radius 3 is 2.61 bits per heavy atom. The van der Waals surface area contributed by atoms with Gasteiger partial charge in [0, 0.05) is 6.26 Å². The van der Waals surface area contributed by atoms with E-state index in [4.69, 9.17) is 15.2 Å². The molecule has 0 amide bonds. The molecule has 1 unspecified atom stereocenters. The smallest absolute Gasteiger partial charge is 0.180 e. The largest absolute Gasteiger partial charge is 0.486 e. The first-order valence-corrected chi connectivity index (χ1v) is 7.67. The highest BCUT2D eigenvalue weighted by molar-refractivity contribution is 7.90. The first-order valence-electron chi connectivity index (χ1n) is 5.77. The molecule has 0 radical (unpaired) electrons. The molecule has 1 aromatic carbocycles. The summed E-state index contributed by atoms with van der Waals surface area (Å²) < 4.78 is 34.8. The third-order valence-corrected chi connectivity index (χ3v) is 4.11. The van der Waals surface area contributed by atoms with Crippen molar-refractivity contribution in [1.82, 2.24) is 0 Å². The minimum Gasteiger partial charge on any atom is -0.486 e. The standard InChI is InChI=1S/C12H17NO4S/c1-8(7-13)9-3-4-10-11(17-6-5-16-10)12(9)18(2,14)15/h3-4,8H,5-7,13H2,1-2H3. The Morgan fingerprint density at radius 2 is 2.00 bits per heavy atom. The summed E-state index contributed by atoms with van der Waals surface area (Å²) in [6, 6.07) is 3.49. The number of hydrogen-bond donors (Lipinski definition) is 1. The molecule has 0 saturated carbocycles. The zero-order valence-electron chi connectivity index (χ0n) is 10.5. The van der Waals surface area contributed by atoms with Gasteiger partial charge in [-0.1, -0.05) is 13.0 Å². The molecule has 5 nitrogen and oxygen atoms in total. The summed E-state index contributed by atoms with van der Waals surface area (Å²) in [6.07, 6.45) is 1.17. The minimum atomic E-state index is -3.39. The van der Waals surface area contributed by atoms with Crippen LogP contribution in [0.25, 0.3) is 0 Å². The van der Waals surface area contributed by atoms with Gasteiger partial charge in [0.1, 0.15) is 18.1 Å². The fraction of sp³-hybridized carbons (Fsp3) is 0.500. The zero-order valence-corrected chi connectivity index (χ0v) is 11.3. The normalized spacial score (nSPS) is 16.4. The predicted molar refractivity (Wildman–Crippen MR) is 68.0 cm³/mol. The summed E-state index contributed by atoms with van der Waals surface area (Å²) in [5, 5.41) is 0. The van der Waals surface area contributed by atoms with E-state index in [0.717, 1.165) is 0 Å². The van der Waals surface area contributed by atoms with Crippen LogP contribution in [0.4, 0.5) is 0 Å². The summed E-state index contributed by atoms with van der Waals surface area (Å²) in [5.74, 6) is 0.752. The third-order valence-electron chi connectivity index (χ3n) is 2.95. The van der Waals surface area contributed by atoms with Crippen LogP contribution in [-0.2, 0) is 9.84 Å². The average molecular weight is 271 g/mol. The van der Waals surface area contributed by atoms with Gasteiger partial charge in [-0.15, -0.1) is 0 Å². The SMILES string of the molecule is CC(CN)c1ccc2c(c1S(C)(=O)=O)OCCO2. The van der Waals surface area contributed by atoms with Crippen LogP contribution in [0.15, 0.2) is 17.0 Å². The number of ether oxygens (including phenoxy) is 2. The second kappa shape index (κ2) is 4.78. The summed E-state index contributed by atoms with van der Waals surface area (Å²) in [5.41, 5.74) is 6.31. The van der Waals surface area contributed by atoms with Crippen LogP contribution >= 0.6 is 0 Å². The molecule has 2 N–H and O–H groups in total. The maximum Gasteiger partial charge on any atom is 0.180 e. The molecule has 0 fully saturated rings. The lowest BCUT2D eigenvalue weighted by Crippen LogP contribution is -2.20. The molecule has 2 rings (SSSR count). The second-order valence-corrected chi connectivity index (χ2v) is 6.37. The lowest BCUT2D eigenvalue weighted by molar-refractivity contribution is 0.166. The van der Waals surface area contributed by atoms with E-state index in [1.54, 1.807) is 12.1 Å². The van der Waals surface area contributed by atoms with Gasteiger partial charge in [-0.2, -0.15) is 0 Å². The van der Waals surface area contributed by atoms with Crippen molar-refractivity contribution in [3.05, 3.63) is 17.7 Å². The van der Waals surface area contributed by atoms with E-state index in [-0.39, 0.29) is 10.8 Å². The fourth-order valence-corrected chi connectivity index (χ4v) is 3.20. The molecule has 100 valence electrons. The number of fused-ring (bicyclic) bond motifs is 1. The minimum absolute atomic E-state index is 0.0504. The van der Waals surface area contributed by atoms with E-state index >= 15 is 0 Å². The van der Waals surface area contributed by atoms with Gasteiger partial charge in [0.05, 0.1) is 0 Å². The summed E-state index contributed by atoms with van der Waals surface area (Å²) in [7, 11) is -3.39. The topological polar surface area (TPSA) is 78.6 Å². The lowest BCUT2D eigenvalue weighted by atomic mass is 10.0. The molecule has 1 aromatic rings. The fourth-order valence-electron chi connectivity index (χ4n) is 2.00. The van der Waals surface area contributed by atoms with E-state index in [1.807, 2.05) is 6.92 Å². The Morgan fingerprint density at radius 1 is 1.33 bits per heavy atom. The van der Waals surface area contributed by atoms with Gasteiger partial charge in [-0.3, -0.25) is 0 Å². The Balaban J connectivity index is 2.69. The van der Waals surface area contributed by atoms with Crippen molar-refractivity contribution in [2.45, 2.75) is 17.7 Å². The molecular weight excluding hydrogens is 254 g/mol. The molecule has 6 heteroatoms. The van der Waals surface area contributed by atoms with E-state index in [1.165, 1.54) is 6.26 Å². The molecule has 1 aliphatic rings. The Labute approximate surface area is 107 Å². The Bertz CT molecular complexity index is 553. The Hall–Kier alpha value is -1.27. The highest BCUT2D eigenvalue weighted by atomic mass is 32.2. The van der Waals surface area contributed by atoms with Crippen molar-refractivity contribution < 1.29 is 17.9 Å². The number of rotatable bonds is 3. The lowest BCUT2D eigenvalue weighted by Gasteiger charge is -2.23. The highest BCUT2D eigenvalue weighted by Crippen LogP contribution is 2.40. The van der Waals surface area contributed by atoms with Crippen molar-refractivity contribution in [1.29, 1.82) is 0 Å². The zero-order chi connectivity index (χ0) is 13.3. The van der Waals surface area contributed by atoms with Gasteiger partial charge < -0.3 is 15.2 Å². The van der Waals surface area contributed by atoms with Crippen LogP contribution in [0.2, 0.25) is 0 Å². The summed E-state index contributed by atoms with van der Waals surface area (Å²) in [4.78, 5) is 0.206. The van der Waals surface area contributed by atoms with Crippen LogP contribution in [0.1, 0.15) is 18.4 Å².